The van der Waals surface area contributed by atoms with E-state index in [1.807, 2.05) is 0 Å². The van der Waals surface area contributed by atoms with Crippen LogP contribution >= 0.6 is 0 Å². The van der Waals surface area contributed by atoms with Crippen LogP contribution in [-0.4, -0.2) is 96.0 Å². The molecule has 0 rings (SSSR count). The predicted octanol–water partition coefficient (Wildman–Crippen LogP) is -9.07. The van der Waals surface area contributed by atoms with E-state index in [0.29, 0.717) is 0 Å². The van der Waals surface area contributed by atoms with Crippen molar-refractivity contribution in [1.29, 1.82) is 0 Å². The largest absolute Gasteiger partial charge is 1.00 e. The van der Waals surface area contributed by atoms with E-state index >= 15 is 0 Å². The molecular weight excluding hydrogens is 471 g/mol. The predicted molar refractivity (Wildman–Crippen MR) is 97.4 cm³/mol. The van der Waals surface area contributed by atoms with Gasteiger partial charge < -0.3 is 67.9 Å². The van der Waals surface area contributed by atoms with Gasteiger partial charge in [0.05, 0.1) is 9.05 Å². The van der Waals surface area contributed by atoms with Crippen LogP contribution in [0, 0.1) is 0 Å². The SMILES string of the molecule is CC(=O)O.CC(=O)O.CC(=O)O.CC(=O)O.O.O.O.O.O.O.O.O=S([O-])(O)=S.[Na+]. The zero-order valence-corrected chi connectivity index (χ0v) is 19.6. The number of hydrogen-bond acceptors (Lipinski definition) is 7. The first-order chi connectivity index (χ1) is 8.93. The van der Waals surface area contributed by atoms with Crippen molar-refractivity contribution >= 4 is 44.1 Å². The fraction of sp³-hybridized carbons (Fsp3) is 0.500. The van der Waals surface area contributed by atoms with Crippen molar-refractivity contribution in [3.8, 4) is 0 Å². The third-order valence-corrected chi connectivity index (χ3v) is 0. The number of aliphatic carboxylic acids is 4. The minimum Gasteiger partial charge on any atom is -0.748 e. The van der Waals surface area contributed by atoms with Crippen LogP contribution in [0.25, 0.3) is 0 Å². The molecule has 0 aliphatic heterocycles. The van der Waals surface area contributed by atoms with Gasteiger partial charge >= 0.3 is 29.6 Å². The topological polar surface area (TPSA) is 430 Å². The summed E-state index contributed by atoms with van der Waals surface area (Å²) in [4.78, 5) is 36.0. The minimum absolute atomic E-state index is 0. The maximum atomic E-state index is 9.00. The molecule has 0 amide bonds. The molecule has 1 atom stereocenters. The van der Waals surface area contributed by atoms with Gasteiger partial charge in [-0.1, -0.05) is 0 Å². The Kier molecular flexibility index (Phi) is 198. The molecule has 18 nitrogen and oxygen atoms in total. The smallest absolute Gasteiger partial charge is 0.748 e. The Morgan fingerprint density at radius 3 is 0.621 bits per heavy atom. The van der Waals surface area contributed by atoms with Crippen molar-refractivity contribution in [3.05, 3.63) is 0 Å². The normalized spacial score (nSPS) is 7.10. The Bertz CT molecular complexity index is 338. The molecule has 0 spiro atoms. The molecule has 0 radical (unpaired) electrons. The molecule has 0 heterocycles. The van der Waals surface area contributed by atoms with E-state index in [0.717, 1.165) is 27.7 Å². The van der Waals surface area contributed by atoms with Gasteiger partial charge in [-0.15, -0.1) is 0 Å². The molecule has 0 bridgehead atoms. The molecule has 0 fully saturated rings. The maximum Gasteiger partial charge on any atom is 1.00 e. The molecule has 1 unspecified atom stereocenters. The zero-order valence-electron chi connectivity index (χ0n) is 16.0. The number of hydrogen-bond donors (Lipinski definition) is 5. The van der Waals surface area contributed by atoms with E-state index in [2.05, 4.69) is 11.2 Å². The Hall–Kier alpha value is -1.11. The average molecular weight is 502 g/mol. The number of rotatable bonds is 0. The second kappa shape index (κ2) is 63.2. The fourth-order valence-electron chi connectivity index (χ4n) is 0. The van der Waals surface area contributed by atoms with E-state index in [9.17, 15) is 0 Å². The number of carboxylic acids is 4. The molecule has 0 aliphatic carbocycles. The van der Waals surface area contributed by atoms with Crippen molar-refractivity contribution in [2.24, 2.45) is 0 Å². The molecule has 0 aromatic heterocycles. The van der Waals surface area contributed by atoms with Gasteiger partial charge in [-0.25, -0.2) is 4.21 Å². The second-order valence-corrected chi connectivity index (χ2v) is 4.62. The third-order valence-electron chi connectivity index (χ3n) is 0. The van der Waals surface area contributed by atoms with Gasteiger partial charge in [-0.2, -0.15) is 0 Å². The summed E-state index contributed by atoms with van der Waals surface area (Å²) >= 11 is 3.35. The van der Waals surface area contributed by atoms with Gasteiger partial charge in [0.2, 0.25) is 0 Å². The second-order valence-electron chi connectivity index (χ2n) is 2.50. The van der Waals surface area contributed by atoms with Gasteiger partial charge in [0.25, 0.3) is 23.9 Å². The molecule has 21 heteroatoms. The Morgan fingerprint density at radius 2 is 0.621 bits per heavy atom. The van der Waals surface area contributed by atoms with Crippen LogP contribution in [0.15, 0.2) is 0 Å². The van der Waals surface area contributed by atoms with E-state index < -0.39 is 32.9 Å². The monoisotopic (exact) mass is 502 g/mol. The van der Waals surface area contributed by atoms with Gasteiger partial charge in [-0.05, 0) is 11.2 Å². The summed E-state index contributed by atoms with van der Waals surface area (Å²) in [7, 11) is -4.08. The van der Waals surface area contributed by atoms with Crippen LogP contribution in [0.2, 0.25) is 0 Å². The molecule has 184 valence electrons. The molecule has 0 aromatic carbocycles. The molecule has 0 saturated heterocycles. The summed E-state index contributed by atoms with van der Waals surface area (Å²) in [5, 5.41) is 29.7. The molecule has 0 aliphatic rings. The summed E-state index contributed by atoms with van der Waals surface area (Å²) in [5.74, 6) is -3.33. The van der Waals surface area contributed by atoms with Crippen LogP contribution in [-0.2, 0) is 39.4 Å². The van der Waals surface area contributed by atoms with Gasteiger partial charge in [0, 0.05) is 27.7 Å². The first-order valence-corrected chi connectivity index (χ1v) is 6.76. The molecule has 29 heavy (non-hydrogen) atoms. The maximum absolute atomic E-state index is 9.00. The fourth-order valence-corrected chi connectivity index (χ4v) is 0. The summed E-state index contributed by atoms with van der Waals surface area (Å²) in [6, 6.07) is 0. The van der Waals surface area contributed by atoms with Crippen molar-refractivity contribution in [2.75, 3.05) is 0 Å². The Labute approximate surface area is 192 Å². The van der Waals surface area contributed by atoms with Crippen molar-refractivity contribution in [1.82, 2.24) is 0 Å². The van der Waals surface area contributed by atoms with Gasteiger partial charge in [0.15, 0.2) is 0 Å². The standard InChI is InChI=1S/4C2H4O2.Na.H2O3S2.7H2O/c4*1-2(3)4;;1-5(2,3)4;;;;;;;/h4*1H3,(H,3,4);;(H2,1,2,3,4);7*1H2/q;;;;+1;;;;;;;;/p-1. The summed E-state index contributed by atoms with van der Waals surface area (Å²) in [5.41, 5.74) is 0. The molecular formula is C8H31NaO18S2. The van der Waals surface area contributed by atoms with Gasteiger partial charge in [-0.3, -0.25) is 19.2 Å². The van der Waals surface area contributed by atoms with E-state index in [1.165, 1.54) is 0 Å². The van der Waals surface area contributed by atoms with E-state index in [1.54, 1.807) is 0 Å². The number of carbonyl (C=O) groups is 4. The quantitative estimate of drug-likeness (QED) is 0.193. The van der Waals surface area contributed by atoms with E-state index in [4.69, 9.17) is 52.9 Å². The van der Waals surface area contributed by atoms with Crippen LogP contribution in [0.5, 0.6) is 0 Å². The minimum atomic E-state index is -4.08. The van der Waals surface area contributed by atoms with Crippen LogP contribution in [0.4, 0.5) is 0 Å². The van der Waals surface area contributed by atoms with Crippen LogP contribution < -0.4 is 29.6 Å². The van der Waals surface area contributed by atoms with E-state index in [-0.39, 0.29) is 67.9 Å². The molecule has 0 aromatic rings. The van der Waals surface area contributed by atoms with Crippen molar-refractivity contribution in [2.45, 2.75) is 27.7 Å². The summed E-state index contributed by atoms with van der Waals surface area (Å²) in [6.07, 6.45) is 0. The first-order valence-electron chi connectivity index (χ1n) is 4.39. The molecule has 19 N–H and O–H groups in total. The number of carboxylic acid groups (broad SMARTS) is 4. The van der Waals surface area contributed by atoms with Crippen LogP contribution in [0.3, 0.4) is 0 Å². The molecule has 0 saturated carbocycles. The van der Waals surface area contributed by atoms with Crippen LogP contribution in [0.1, 0.15) is 27.7 Å². The average Bonchev–Trinajstić information content (AvgIpc) is 1.91. The Morgan fingerprint density at radius 1 is 0.621 bits per heavy atom. The van der Waals surface area contributed by atoms with Crippen molar-refractivity contribution < 1.29 is 121 Å². The summed E-state index contributed by atoms with van der Waals surface area (Å²) in [6.45, 7) is 4.33. The van der Waals surface area contributed by atoms with Crippen molar-refractivity contribution in [3.63, 3.8) is 0 Å². The van der Waals surface area contributed by atoms with Gasteiger partial charge in [0.1, 0.15) is 0 Å². The zero-order chi connectivity index (χ0) is 18.8. The third kappa shape index (κ3) is 13500. The Balaban J connectivity index is -0.00000000941. The summed E-state index contributed by atoms with van der Waals surface area (Å²) < 4.78 is 25.3. The first kappa shape index (κ1) is 91.0.